The van der Waals surface area contributed by atoms with Crippen LogP contribution in [0.1, 0.15) is 30.0 Å². The zero-order valence-corrected chi connectivity index (χ0v) is 25.5. The summed E-state index contributed by atoms with van der Waals surface area (Å²) in [6, 6.07) is 16.7. The van der Waals surface area contributed by atoms with E-state index in [-0.39, 0.29) is 17.6 Å². The fourth-order valence-electron chi connectivity index (χ4n) is 4.53. The van der Waals surface area contributed by atoms with E-state index >= 15 is 0 Å². The molecule has 40 heavy (non-hydrogen) atoms. The summed E-state index contributed by atoms with van der Waals surface area (Å²) in [5.74, 6) is -0.432. The van der Waals surface area contributed by atoms with Crippen LogP contribution in [0.4, 0.5) is 11.4 Å². The molecule has 1 heterocycles. The first-order valence-electron chi connectivity index (χ1n) is 12.3. The molecule has 1 N–H and O–H groups in total. The molecule has 0 aliphatic rings. The van der Waals surface area contributed by atoms with Gasteiger partial charge in [-0.15, -0.1) is 0 Å². The highest BCUT2D eigenvalue weighted by Gasteiger charge is 2.31. The van der Waals surface area contributed by atoms with Gasteiger partial charge in [0.25, 0.3) is 5.91 Å². The number of fused-ring (bicyclic) bond motifs is 1. The van der Waals surface area contributed by atoms with Gasteiger partial charge < -0.3 is 23.8 Å². The van der Waals surface area contributed by atoms with Gasteiger partial charge in [0.1, 0.15) is 17.4 Å². The van der Waals surface area contributed by atoms with Gasteiger partial charge in [-0.25, -0.2) is 4.79 Å². The number of methoxy groups -OCH3 is 2. The molecule has 0 radical (unpaired) electrons. The maximum Gasteiger partial charge on any atom is 0.329 e. The highest BCUT2D eigenvalue weighted by Crippen LogP contribution is 2.37. The van der Waals surface area contributed by atoms with Crippen molar-refractivity contribution in [2.75, 3.05) is 23.8 Å². The van der Waals surface area contributed by atoms with Gasteiger partial charge in [-0.3, -0.25) is 13.3 Å². The van der Waals surface area contributed by atoms with Crippen LogP contribution in [0.5, 0.6) is 5.75 Å². The van der Waals surface area contributed by atoms with Crippen molar-refractivity contribution in [2.24, 2.45) is 5.92 Å². The molecule has 0 aliphatic heterocycles. The van der Waals surface area contributed by atoms with Crippen molar-refractivity contribution in [1.82, 2.24) is 0 Å². The molecular formula is C29H28IN2O7S-. The molecule has 1 aromatic heterocycles. The summed E-state index contributed by atoms with van der Waals surface area (Å²) >= 11 is -0.507. The van der Waals surface area contributed by atoms with E-state index in [2.05, 4.69) is 27.9 Å². The third kappa shape index (κ3) is 5.86. The van der Waals surface area contributed by atoms with Gasteiger partial charge in [0.15, 0.2) is 5.76 Å². The van der Waals surface area contributed by atoms with Gasteiger partial charge in [0.2, 0.25) is 0 Å². The van der Waals surface area contributed by atoms with Crippen LogP contribution in [0.25, 0.3) is 22.1 Å². The van der Waals surface area contributed by atoms with Crippen LogP contribution in [-0.4, -0.2) is 40.9 Å². The smallest absolute Gasteiger partial charge is 0.329 e. The lowest BCUT2D eigenvalue weighted by Crippen LogP contribution is -2.46. The molecule has 2 unspecified atom stereocenters. The van der Waals surface area contributed by atoms with Crippen LogP contribution in [0.3, 0.4) is 0 Å². The Morgan fingerprint density at radius 1 is 1.00 bits per heavy atom. The molecule has 0 bridgehead atoms. The van der Waals surface area contributed by atoms with Gasteiger partial charge in [-0.1, -0.05) is 38.1 Å². The van der Waals surface area contributed by atoms with Crippen LogP contribution < -0.4 is 14.4 Å². The number of amides is 1. The number of aryl methyl sites for hydroxylation is 1. The summed E-state index contributed by atoms with van der Waals surface area (Å²) in [4.78, 5) is 25.3. The van der Waals surface area contributed by atoms with Gasteiger partial charge in [-0.05, 0) is 83.0 Å². The Morgan fingerprint density at radius 3 is 2.12 bits per heavy atom. The van der Waals surface area contributed by atoms with E-state index in [0.29, 0.717) is 28.3 Å². The summed E-state index contributed by atoms with van der Waals surface area (Å²) in [6.07, 6.45) is 0. The van der Waals surface area contributed by atoms with Crippen LogP contribution in [0.2, 0.25) is 0 Å². The number of ether oxygens (including phenoxy) is 2. The first kappa shape index (κ1) is 29.6. The highest BCUT2D eigenvalue weighted by molar-refractivity contribution is 14.1. The SMILES string of the molecule is COC(=O)C(C(C)C)N(c1ccc(-c2ccc(NC(=O)c3oc4ccc(I)c(OC)c4c3C)cc2)cc1)S(=O)[O-]. The van der Waals surface area contributed by atoms with Crippen LogP contribution in [0.15, 0.2) is 65.1 Å². The molecule has 0 aliphatic carbocycles. The zero-order chi connectivity index (χ0) is 29.1. The van der Waals surface area contributed by atoms with Crippen molar-refractivity contribution >= 4 is 68.1 Å². The molecule has 4 rings (SSSR count). The van der Waals surface area contributed by atoms with Gasteiger partial charge in [-0.2, -0.15) is 0 Å². The molecule has 0 fully saturated rings. The summed E-state index contributed by atoms with van der Waals surface area (Å²) in [6.45, 7) is 5.33. The zero-order valence-electron chi connectivity index (χ0n) is 22.5. The fourth-order valence-corrected chi connectivity index (χ4v) is 6.01. The van der Waals surface area contributed by atoms with Crippen LogP contribution >= 0.6 is 22.6 Å². The Kier molecular flexibility index (Phi) is 9.16. The molecule has 210 valence electrons. The molecule has 0 saturated carbocycles. The standard InChI is InChI=1S/C29H29IN2O7S/c1-16(2)25(29(34)38-5)32(40(35)36)21-12-8-19(9-13-21)18-6-10-20(11-7-18)31-28(33)26-17(3)24-23(39-26)15-14-22(30)27(24)37-4/h6-16,25H,1-5H3,(H,31,33)(H,35,36)/p-1. The Hall–Kier alpha value is -3.42. The first-order valence-corrected chi connectivity index (χ1v) is 14.4. The van der Waals surface area contributed by atoms with E-state index in [1.807, 2.05) is 31.2 Å². The molecule has 11 heteroatoms. The van der Waals surface area contributed by atoms with Crippen molar-refractivity contribution in [3.63, 3.8) is 0 Å². The topological polar surface area (TPSA) is 121 Å². The van der Waals surface area contributed by atoms with Crippen molar-refractivity contribution in [1.29, 1.82) is 0 Å². The lowest BCUT2D eigenvalue weighted by atomic mass is 10.0. The largest absolute Gasteiger partial charge is 0.755 e. The number of halogens is 1. The van der Waals surface area contributed by atoms with E-state index < -0.39 is 23.3 Å². The van der Waals surface area contributed by atoms with Gasteiger partial charge >= 0.3 is 5.97 Å². The monoisotopic (exact) mass is 675 g/mol. The summed E-state index contributed by atoms with van der Waals surface area (Å²) in [5.41, 5.74) is 3.87. The molecule has 2 atom stereocenters. The number of carbonyl (C=O) groups is 2. The van der Waals surface area contributed by atoms with Crippen molar-refractivity contribution in [3.05, 3.63) is 75.6 Å². The van der Waals surface area contributed by atoms with E-state index in [1.54, 1.807) is 57.4 Å². The number of nitrogens with one attached hydrogen (secondary N) is 1. The molecule has 9 nitrogen and oxygen atoms in total. The molecule has 0 spiro atoms. The number of esters is 1. The lowest BCUT2D eigenvalue weighted by Gasteiger charge is -2.35. The second kappa shape index (κ2) is 12.4. The highest BCUT2D eigenvalue weighted by atomic mass is 127. The Morgan fingerprint density at radius 2 is 1.60 bits per heavy atom. The van der Waals surface area contributed by atoms with E-state index in [0.717, 1.165) is 24.4 Å². The Labute approximate surface area is 248 Å². The third-order valence-corrected chi connectivity index (χ3v) is 8.10. The maximum atomic E-state index is 13.0. The lowest BCUT2D eigenvalue weighted by molar-refractivity contribution is -0.142. The van der Waals surface area contributed by atoms with Crippen molar-refractivity contribution < 1.29 is 32.2 Å². The normalized spacial score (nSPS) is 12.7. The minimum Gasteiger partial charge on any atom is -0.755 e. The number of benzene rings is 3. The number of hydrogen-bond donors (Lipinski definition) is 1. The molecule has 1 amide bonds. The van der Waals surface area contributed by atoms with E-state index in [9.17, 15) is 18.4 Å². The van der Waals surface area contributed by atoms with Crippen LogP contribution in [-0.2, 0) is 20.8 Å². The van der Waals surface area contributed by atoms with Gasteiger partial charge in [0, 0.05) is 28.2 Å². The average molecular weight is 676 g/mol. The quantitative estimate of drug-likeness (QED) is 0.130. The van der Waals surface area contributed by atoms with Crippen molar-refractivity contribution in [2.45, 2.75) is 26.8 Å². The minimum absolute atomic E-state index is 0.210. The average Bonchev–Trinajstić information content (AvgIpc) is 3.28. The number of carbonyl (C=O) groups excluding carboxylic acids is 2. The summed E-state index contributed by atoms with van der Waals surface area (Å²) in [5, 5.41) is 3.64. The number of nitrogens with zero attached hydrogens (tertiary/aromatic N) is 1. The van der Waals surface area contributed by atoms with Crippen molar-refractivity contribution in [3.8, 4) is 16.9 Å². The number of anilines is 2. The Bertz CT molecular complexity index is 1570. The molecular weight excluding hydrogens is 647 g/mol. The second-order valence-corrected chi connectivity index (χ2v) is 11.3. The Balaban J connectivity index is 1.53. The third-order valence-electron chi connectivity index (χ3n) is 6.49. The summed E-state index contributed by atoms with van der Waals surface area (Å²) in [7, 11) is 2.82. The number of furan rings is 1. The minimum atomic E-state index is -2.69. The number of rotatable bonds is 9. The number of hydrogen-bond acceptors (Lipinski definition) is 7. The predicted octanol–water partition coefficient (Wildman–Crippen LogP) is 6.07. The maximum absolute atomic E-state index is 13.0. The fraction of sp³-hybridized carbons (Fsp3) is 0.241. The van der Waals surface area contributed by atoms with Gasteiger partial charge in [0.05, 0.1) is 23.2 Å². The second-order valence-electron chi connectivity index (χ2n) is 9.34. The predicted molar refractivity (Wildman–Crippen MR) is 162 cm³/mol. The van der Waals surface area contributed by atoms with E-state index in [1.165, 1.54) is 7.11 Å². The van der Waals surface area contributed by atoms with E-state index in [4.69, 9.17) is 13.9 Å². The van der Waals surface area contributed by atoms with Crippen LogP contribution in [0, 0.1) is 16.4 Å². The molecule has 3 aromatic carbocycles. The molecule has 0 saturated heterocycles. The first-order chi connectivity index (χ1) is 19.1. The summed E-state index contributed by atoms with van der Waals surface area (Å²) < 4.78 is 42.2. The molecule has 4 aromatic rings.